The van der Waals surface area contributed by atoms with Gasteiger partial charge >= 0.3 is 0 Å². The van der Waals surface area contributed by atoms with E-state index in [2.05, 4.69) is 6.92 Å². The fourth-order valence-electron chi connectivity index (χ4n) is 2.48. The predicted octanol–water partition coefficient (Wildman–Crippen LogP) is 4.69. The highest BCUT2D eigenvalue weighted by Gasteiger charge is 2.13. The zero-order valence-electron chi connectivity index (χ0n) is 14.7. The number of carbonyl (C=O) groups is 1. The van der Waals surface area contributed by atoms with Crippen molar-refractivity contribution >= 4 is 5.78 Å². The molecule has 0 radical (unpaired) electrons. The molecule has 4 nitrogen and oxygen atoms in total. The van der Waals surface area contributed by atoms with Crippen LogP contribution in [0.5, 0.6) is 5.75 Å². The number of rotatable bonds is 11. The number of aromatic hydroxyl groups is 1. The number of phenolic OH excluding ortho intramolecular Hbond substituents is 1. The Hall–Kier alpha value is -2.17. The minimum atomic E-state index is -0.165. The van der Waals surface area contributed by atoms with Crippen molar-refractivity contribution in [1.82, 2.24) is 0 Å². The SMILES string of the molecule is CCCCOOCCCCc1ccc(C(=O)c2ccccc2)c(O)c1. The van der Waals surface area contributed by atoms with Crippen molar-refractivity contribution in [2.75, 3.05) is 13.2 Å². The van der Waals surface area contributed by atoms with E-state index in [1.54, 1.807) is 24.3 Å². The van der Waals surface area contributed by atoms with E-state index in [-0.39, 0.29) is 11.5 Å². The van der Waals surface area contributed by atoms with Crippen LogP contribution >= 0.6 is 0 Å². The molecule has 25 heavy (non-hydrogen) atoms. The molecule has 2 rings (SSSR count). The summed E-state index contributed by atoms with van der Waals surface area (Å²) in [5.41, 5.74) is 1.92. The van der Waals surface area contributed by atoms with E-state index < -0.39 is 0 Å². The summed E-state index contributed by atoms with van der Waals surface area (Å²) >= 11 is 0. The van der Waals surface area contributed by atoms with E-state index >= 15 is 0 Å². The number of hydrogen-bond acceptors (Lipinski definition) is 4. The van der Waals surface area contributed by atoms with E-state index in [1.165, 1.54) is 0 Å². The molecular weight excluding hydrogens is 316 g/mol. The van der Waals surface area contributed by atoms with Crippen LogP contribution in [0.3, 0.4) is 0 Å². The van der Waals surface area contributed by atoms with Crippen molar-refractivity contribution < 1.29 is 19.7 Å². The summed E-state index contributed by atoms with van der Waals surface area (Å²) in [6, 6.07) is 14.3. The van der Waals surface area contributed by atoms with Gasteiger partial charge in [0.05, 0.1) is 18.8 Å². The first-order valence-electron chi connectivity index (χ1n) is 8.88. The lowest BCUT2D eigenvalue weighted by atomic mass is 9.99. The largest absolute Gasteiger partial charge is 0.507 e. The molecule has 0 aliphatic heterocycles. The molecule has 0 unspecified atom stereocenters. The predicted molar refractivity (Wildman–Crippen MR) is 97.7 cm³/mol. The lowest BCUT2D eigenvalue weighted by molar-refractivity contribution is -0.295. The van der Waals surface area contributed by atoms with Gasteiger partial charge < -0.3 is 5.11 Å². The summed E-state index contributed by atoms with van der Waals surface area (Å²) in [6.45, 7) is 3.32. The van der Waals surface area contributed by atoms with Crippen LogP contribution in [0.2, 0.25) is 0 Å². The van der Waals surface area contributed by atoms with Crippen molar-refractivity contribution in [2.45, 2.75) is 39.0 Å². The van der Waals surface area contributed by atoms with Gasteiger partial charge in [-0.3, -0.25) is 4.79 Å². The first-order valence-corrected chi connectivity index (χ1v) is 8.88. The normalized spacial score (nSPS) is 10.8. The molecule has 0 amide bonds. The van der Waals surface area contributed by atoms with Crippen LogP contribution in [0.15, 0.2) is 48.5 Å². The molecule has 0 fully saturated rings. The summed E-state index contributed by atoms with van der Waals surface area (Å²) in [4.78, 5) is 22.6. The fraction of sp³-hybridized carbons (Fsp3) is 0.381. The number of hydrogen-bond donors (Lipinski definition) is 1. The Morgan fingerprint density at radius 1 is 0.960 bits per heavy atom. The summed E-state index contributed by atoms with van der Waals surface area (Å²) in [5, 5.41) is 10.2. The van der Waals surface area contributed by atoms with Crippen LogP contribution in [-0.4, -0.2) is 24.1 Å². The zero-order valence-corrected chi connectivity index (χ0v) is 14.7. The smallest absolute Gasteiger partial charge is 0.196 e. The van der Waals surface area contributed by atoms with Gasteiger partial charge in [0.25, 0.3) is 0 Å². The van der Waals surface area contributed by atoms with Gasteiger partial charge in [-0.2, -0.15) is 0 Å². The van der Waals surface area contributed by atoms with Gasteiger partial charge in [0.2, 0.25) is 0 Å². The Balaban J connectivity index is 1.79. The van der Waals surface area contributed by atoms with Crippen LogP contribution < -0.4 is 0 Å². The molecule has 0 aliphatic rings. The van der Waals surface area contributed by atoms with Gasteiger partial charge in [-0.15, -0.1) is 0 Å². The van der Waals surface area contributed by atoms with Crippen LogP contribution in [0, 0.1) is 0 Å². The third-order valence-corrected chi connectivity index (χ3v) is 3.95. The van der Waals surface area contributed by atoms with E-state index in [0.717, 1.165) is 37.7 Å². The number of carbonyl (C=O) groups excluding carboxylic acids is 1. The third kappa shape index (κ3) is 6.33. The standard InChI is InChI=1S/C21H26O4/c1-2-3-14-24-25-15-8-7-9-17-12-13-19(20(22)16-17)21(23)18-10-5-4-6-11-18/h4-6,10-13,16,22H,2-3,7-9,14-15H2,1H3. The molecule has 1 N–H and O–H groups in total. The molecule has 2 aromatic rings. The Morgan fingerprint density at radius 2 is 1.68 bits per heavy atom. The Kier molecular flexibility index (Phi) is 8.16. The van der Waals surface area contributed by atoms with Gasteiger partial charge in [0.15, 0.2) is 5.78 Å². The topological polar surface area (TPSA) is 55.8 Å². The van der Waals surface area contributed by atoms with Crippen molar-refractivity contribution in [1.29, 1.82) is 0 Å². The second-order valence-corrected chi connectivity index (χ2v) is 6.00. The summed E-state index contributed by atoms with van der Waals surface area (Å²) in [6.07, 6.45) is 4.74. The number of benzene rings is 2. The third-order valence-electron chi connectivity index (χ3n) is 3.95. The minimum Gasteiger partial charge on any atom is -0.507 e. The van der Waals surface area contributed by atoms with Gasteiger partial charge in [-0.25, -0.2) is 9.78 Å². The molecule has 4 heteroatoms. The summed E-state index contributed by atoms with van der Waals surface area (Å²) < 4.78 is 0. The maximum absolute atomic E-state index is 12.4. The van der Waals surface area contributed by atoms with Crippen molar-refractivity contribution in [3.63, 3.8) is 0 Å². The second-order valence-electron chi connectivity index (χ2n) is 6.00. The molecule has 0 aliphatic carbocycles. The van der Waals surface area contributed by atoms with Crippen molar-refractivity contribution in [3.05, 3.63) is 65.2 Å². The molecule has 0 saturated carbocycles. The molecule has 0 spiro atoms. The quantitative estimate of drug-likeness (QED) is 0.278. The van der Waals surface area contributed by atoms with E-state index in [0.29, 0.717) is 24.3 Å². The lowest BCUT2D eigenvalue weighted by Crippen LogP contribution is -2.02. The molecule has 0 aromatic heterocycles. The first-order chi connectivity index (χ1) is 12.2. The molecule has 0 bridgehead atoms. The maximum Gasteiger partial charge on any atom is 0.196 e. The van der Waals surface area contributed by atoms with Crippen LogP contribution in [0.25, 0.3) is 0 Å². The minimum absolute atomic E-state index is 0.0329. The van der Waals surface area contributed by atoms with Gasteiger partial charge in [0.1, 0.15) is 5.75 Å². The highest BCUT2D eigenvalue weighted by molar-refractivity contribution is 6.10. The van der Waals surface area contributed by atoms with Gasteiger partial charge in [-0.1, -0.05) is 49.7 Å². The molecule has 2 aromatic carbocycles. The zero-order chi connectivity index (χ0) is 17.9. The molecule has 0 heterocycles. The van der Waals surface area contributed by atoms with Crippen LogP contribution in [-0.2, 0) is 16.2 Å². The van der Waals surface area contributed by atoms with Crippen LogP contribution in [0.1, 0.15) is 54.1 Å². The first kappa shape index (κ1) is 19.2. The molecule has 0 atom stereocenters. The van der Waals surface area contributed by atoms with Gasteiger partial charge in [0, 0.05) is 5.56 Å². The fourth-order valence-corrected chi connectivity index (χ4v) is 2.48. The number of aryl methyl sites for hydroxylation is 1. The van der Waals surface area contributed by atoms with Crippen molar-refractivity contribution in [2.24, 2.45) is 0 Å². The highest BCUT2D eigenvalue weighted by atomic mass is 17.2. The highest BCUT2D eigenvalue weighted by Crippen LogP contribution is 2.23. The number of phenols is 1. The Morgan fingerprint density at radius 3 is 2.36 bits per heavy atom. The number of unbranched alkanes of at least 4 members (excludes halogenated alkanes) is 2. The molecule has 134 valence electrons. The second kappa shape index (κ2) is 10.6. The molecule has 0 saturated heterocycles. The van der Waals surface area contributed by atoms with E-state index in [4.69, 9.17) is 9.78 Å². The maximum atomic E-state index is 12.4. The van der Waals surface area contributed by atoms with E-state index in [9.17, 15) is 9.90 Å². The summed E-state index contributed by atoms with van der Waals surface area (Å²) in [5.74, 6) is -0.132. The Bertz CT molecular complexity index is 652. The number of ketones is 1. The average molecular weight is 342 g/mol. The average Bonchev–Trinajstić information content (AvgIpc) is 2.64. The van der Waals surface area contributed by atoms with E-state index in [1.807, 2.05) is 24.3 Å². The monoisotopic (exact) mass is 342 g/mol. The summed E-state index contributed by atoms with van der Waals surface area (Å²) in [7, 11) is 0. The lowest BCUT2D eigenvalue weighted by Gasteiger charge is -2.07. The van der Waals surface area contributed by atoms with Crippen LogP contribution in [0.4, 0.5) is 0 Å². The molecular formula is C21H26O4. The Labute approximate surface area is 149 Å². The van der Waals surface area contributed by atoms with Crippen molar-refractivity contribution in [3.8, 4) is 5.75 Å². The van der Waals surface area contributed by atoms with Gasteiger partial charge in [-0.05, 0) is 43.4 Å².